The van der Waals surface area contributed by atoms with Crippen LogP contribution in [-0.4, -0.2) is 23.3 Å². The van der Waals surface area contributed by atoms with E-state index < -0.39 is 0 Å². The Kier molecular flexibility index (Phi) is 4.21. The largest absolute Gasteiger partial charge is 0.326 e. The van der Waals surface area contributed by atoms with Crippen molar-refractivity contribution in [2.24, 2.45) is 0 Å². The number of aryl methyl sites for hydroxylation is 1. The van der Waals surface area contributed by atoms with Gasteiger partial charge in [0.1, 0.15) is 0 Å². The molecule has 2 aromatic carbocycles. The van der Waals surface area contributed by atoms with Crippen LogP contribution in [0.4, 0.5) is 5.69 Å². The van der Waals surface area contributed by atoms with Crippen LogP contribution in [0.15, 0.2) is 49.0 Å². The Hall–Kier alpha value is -2.88. The summed E-state index contributed by atoms with van der Waals surface area (Å²) in [5.41, 5.74) is 5.16. The van der Waals surface area contributed by atoms with E-state index in [9.17, 15) is 9.59 Å². The molecule has 2 aromatic rings. The molecule has 0 radical (unpaired) electrons. The third-order valence-electron chi connectivity index (χ3n) is 4.48. The second-order valence-corrected chi connectivity index (χ2v) is 5.99. The monoisotopic (exact) mass is 320 g/mol. The Morgan fingerprint density at radius 3 is 2.50 bits per heavy atom. The number of fused-ring (bicyclic) bond motifs is 1. The summed E-state index contributed by atoms with van der Waals surface area (Å²) in [4.78, 5) is 26.2. The van der Waals surface area contributed by atoms with E-state index in [-0.39, 0.29) is 18.2 Å². The third kappa shape index (κ3) is 2.83. The molecular formula is C20H20N2O2. The molecule has 0 aromatic heterocycles. The van der Waals surface area contributed by atoms with Crippen molar-refractivity contribution >= 4 is 23.2 Å². The van der Waals surface area contributed by atoms with Gasteiger partial charge >= 0.3 is 0 Å². The van der Waals surface area contributed by atoms with Crippen molar-refractivity contribution in [1.82, 2.24) is 4.90 Å². The number of hydrogen-bond acceptors (Lipinski definition) is 2. The number of hydrogen-bond donors (Lipinski definition) is 1. The number of nitrogens with zero attached hydrogens (tertiary/aromatic N) is 1. The Morgan fingerprint density at radius 2 is 1.79 bits per heavy atom. The highest BCUT2D eigenvalue weighted by atomic mass is 16.2. The SMILES string of the molecule is C=C1c2ccccc2C(=O)N1CCC(=O)Nc1cccc(C)c1C. The molecule has 0 saturated heterocycles. The van der Waals surface area contributed by atoms with Crippen LogP contribution >= 0.6 is 0 Å². The van der Waals surface area contributed by atoms with Crippen LogP contribution in [0.1, 0.15) is 33.5 Å². The molecule has 0 fully saturated rings. The van der Waals surface area contributed by atoms with E-state index in [0.717, 1.165) is 22.4 Å². The van der Waals surface area contributed by atoms with E-state index in [1.807, 2.05) is 50.2 Å². The van der Waals surface area contributed by atoms with E-state index in [4.69, 9.17) is 0 Å². The molecule has 1 heterocycles. The summed E-state index contributed by atoms with van der Waals surface area (Å²) in [7, 11) is 0. The predicted molar refractivity (Wildman–Crippen MR) is 95.7 cm³/mol. The molecule has 2 amide bonds. The molecule has 1 N–H and O–H groups in total. The van der Waals surface area contributed by atoms with Gasteiger partial charge < -0.3 is 10.2 Å². The number of rotatable bonds is 4. The molecule has 0 unspecified atom stereocenters. The summed E-state index contributed by atoms with van der Waals surface area (Å²) < 4.78 is 0. The molecule has 3 rings (SSSR count). The number of nitrogens with one attached hydrogen (secondary N) is 1. The maximum atomic E-state index is 12.4. The zero-order valence-corrected chi connectivity index (χ0v) is 13.9. The van der Waals surface area contributed by atoms with Crippen molar-refractivity contribution < 1.29 is 9.59 Å². The molecule has 1 aliphatic heterocycles. The van der Waals surface area contributed by atoms with Crippen LogP contribution in [0.3, 0.4) is 0 Å². The molecule has 0 spiro atoms. The molecule has 4 nitrogen and oxygen atoms in total. The molecule has 0 aliphatic carbocycles. The Balaban J connectivity index is 1.64. The summed E-state index contributed by atoms with van der Waals surface area (Å²) >= 11 is 0. The molecule has 0 saturated carbocycles. The van der Waals surface area contributed by atoms with E-state index in [2.05, 4.69) is 11.9 Å². The van der Waals surface area contributed by atoms with Gasteiger partial charge in [-0.15, -0.1) is 0 Å². The molecule has 4 heteroatoms. The smallest absolute Gasteiger partial charge is 0.258 e. The first-order valence-electron chi connectivity index (χ1n) is 7.95. The highest BCUT2D eigenvalue weighted by Crippen LogP contribution is 2.31. The summed E-state index contributed by atoms with van der Waals surface area (Å²) in [6, 6.07) is 13.2. The van der Waals surface area contributed by atoms with Gasteiger partial charge in [-0.05, 0) is 37.1 Å². The summed E-state index contributed by atoms with van der Waals surface area (Å²) in [5, 5.41) is 2.92. The zero-order valence-electron chi connectivity index (χ0n) is 13.9. The molecule has 24 heavy (non-hydrogen) atoms. The van der Waals surface area contributed by atoms with Crippen molar-refractivity contribution in [3.63, 3.8) is 0 Å². The average molecular weight is 320 g/mol. The number of anilines is 1. The maximum absolute atomic E-state index is 12.4. The zero-order chi connectivity index (χ0) is 17.3. The predicted octanol–water partition coefficient (Wildman–Crippen LogP) is 3.76. The fourth-order valence-electron chi connectivity index (χ4n) is 2.88. The quantitative estimate of drug-likeness (QED) is 0.932. The van der Waals surface area contributed by atoms with Crippen LogP contribution in [0.5, 0.6) is 0 Å². The summed E-state index contributed by atoms with van der Waals surface area (Å²) in [5.74, 6) is -0.199. The summed E-state index contributed by atoms with van der Waals surface area (Å²) in [6.45, 7) is 8.30. The lowest BCUT2D eigenvalue weighted by Gasteiger charge is -2.17. The van der Waals surface area contributed by atoms with Gasteiger partial charge in [-0.1, -0.05) is 36.9 Å². The average Bonchev–Trinajstić information content (AvgIpc) is 2.82. The van der Waals surface area contributed by atoms with Gasteiger partial charge in [-0.25, -0.2) is 0 Å². The van der Waals surface area contributed by atoms with Crippen molar-refractivity contribution in [2.75, 3.05) is 11.9 Å². The van der Waals surface area contributed by atoms with E-state index in [1.165, 1.54) is 0 Å². The standard InChI is InChI=1S/C20H20N2O2/c1-13-7-6-10-18(14(13)2)21-19(23)11-12-22-15(3)16-8-4-5-9-17(16)20(22)24/h4-10H,3,11-12H2,1-2H3,(H,21,23). The van der Waals surface area contributed by atoms with Crippen molar-refractivity contribution in [1.29, 1.82) is 0 Å². The fraction of sp³-hybridized carbons (Fsp3) is 0.200. The summed E-state index contributed by atoms with van der Waals surface area (Å²) in [6.07, 6.45) is 0.228. The van der Waals surface area contributed by atoms with Crippen LogP contribution in [0.2, 0.25) is 0 Å². The lowest BCUT2D eigenvalue weighted by molar-refractivity contribution is -0.116. The van der Waals surface area contributed by atoms with Crippen LogP contribution in [-0.2, 0) is 4.79 Å². The number of amides is 2. The van der Waals surface area contributed by atoms with Crippen molar-refractivity contribution in [2.45, 2.75) is 20.3 Å². The van der Waals surface area contributed by atoms with E-state index in [0.29, 0.717) is 17.8 Å². The minimum absolute atomic E-state index is 0.0878. The van der Waals surface area contributed by atoms with Crippen molar-refractivity contribution in [3.8, 4) is 0 Å². The first-order chi connectivity index (χ1) is 11.5. The van der Waals surface area contributed by atoms with Gasteiger partial charge in [0, 0.05) is 35.5 Å². The molecule has 122 valence electrons. The normalized spacial score (nSPS) is 13.2. The van der Waals surface area contributed by atoms with Gasteiger partial charge in [0.2, 0.25) is 5.91 Å². The minimum atomic E-state index is -0.111. The minimum Gasteiger partial charge on any atom is -0.326 e. The molecule has 1 aliphatic rings. The van der Waals surface area contributed by atoms with Gasteiger partial charge in [0.25, 0.3) is 5.91 Å². The third-order valence-corrected chi connectivity index (χ3v) is 4.48. The Morgan fingerprint density at radius 1 is 1.08 bits per heavy atom. The van der Waals surface area contributed by atoms with Crippen molar-refractivity contribution in [3.05, 3.63) is 71.3 Å². The first kappa shape index (κ1) is 16.0. The van der Waals surface area contributed by atoms with E-state index in [1.54, 1.807) is 11.0 Å². The maximum Gasteiger partial charge on any atom is 0.258 e. The highest BCUT2D eigenvalue weighted by molar-refractivity contribution is 6.09. The van der Waals surface area contributed by atoms with Crippen LogP contribution in [0, 0.1) is 13.8 Å². The van der Waals surface area contributed by atoms with Gasteiger partial charge in [0.15, 0.2) is 0 Å². The van der Waals surface area contributed by atoms with Crippen LogP contribution < -0.4 is 5.32 Å². The van der Waals surface area contributed by atoms with Crippen LogP contribution in [0.25, 0.3) is 5.70 Å². The topological polar surface area (TPSA) is 49.4 Å². The molecule has 0 atom stereocenters. The van der Waals surface area contributed by atoms with Gasteiger partial charge in [-0.3, -0.25) is 9.59 Å². The first-order valence-corrected chi connectivity index (χ1v) is 7.95. The second-order valence-electron chi connectivity index (χ2n) is 5.99. The Labute approximate surface area is 141 Å². The fourth-order valence-corrected chi connectivity index (χ4v) is 2.88. The number of carbonyl (C=O) groups excluding carboxylic acids is 2. The number of carbonyl (C=O) groups is 2. The van der Waals surface area contributed by atoms with Gasteiger partial charge in [-0.2, -0.15) is 0 Å². The molecular weight excluding hydrogens is 300 g/mol. The number of benzene rings is 2. The van der Waals surface area contributed by atoms with Gasteiger partial charge in [0.05, 0.1) is 0 Å². The second kappa shape index (κ2) is 6.32. The van der Waals surface area contributed by atoms with E-state index >= 15 is 0 Å². The highest BCUT2D eigenvalue weighted by Gasteiger charge is 2.30. The Bertz CT molecular complexity index is 804. The lowest BCUT2D eigenvalue weighted by atomic mass is 10.1. The lowest BCUT2D eigenvalue weighted by Crippen LogP contribution is -2.27. The molecule has 0 bridgehead atoms.